The number of hydrogen-bond acceptors (Lipinski definition) is 9. The number of aliphatic hydroxyl groups is 2. The predicted molar refractivity (Wildman–Crippen MR) is 114 cm³/mol. The number of allylic oxidation sites excluding steroid dienone is 1. The molecule has 3 fully saturated rings. The molecular formula is C20H38BN5O4. The summed E-state index contributed by atoms with van der Waals surface area (Å²) in [5, 5.41) is 50.2. The van der Waals surface area contributed by atoms with Crippen molar-refractivity contribution >= 4 is 7.12 Å². The zero-order valence-corrected chi connectivity index (χ0v) is 17.6. The van der Waals surface area contributed by atoms with Crippen molar-refractivity contribution in [3.63, 3.8) is 0 Å². The SMILES string of the molecule is OB(O)C1=CCC2NC(O)C(NC(O)C3NNC(CC4CCCCC4)N3)CCC2C1. The minimum atomic E-state index is -1.40. The maximum atomic E-state index is 10.7. The fourth-order valence-corrected chi connectivity index (χ4v) is 5.64. The van der Waals surface area contributed by atoms with E-state index in [0.29, 0.717) is 24.7 Å². The maximum Gasteiger partial charge on any atom is 0.483 e. The Kier molecular flexibility index (Phi) is 7.83. The van der Waals surface area contributed by atoms with Crippen LogP contribution in [0.25, 0.3) is 0 Å². The smallest absolute Gasteiger partial charge is 0.423 e. The van der Waals surface area contributed by atoms with E-state index < -0.39 is 19.6 Å². The summed E-state index contributed by atoms with van der Waals surface area (Å²) in [7, 11) is -1.40. The van der Waals surface area contributed by atoms with Gasteiger partial charge in [0.15, 0.2) is 0 Å². The molecule has 9 N–H and O–H groups in total. The molecule has 0 bridgehead atoms. The van der Waals surface area contributed by atoms with Gasteiger partial charge >= 0.3 is 7.12 Å². The van der Waals surface area contributed by atoms with Gasteiger partial charge in [-0.3, -0.25) is 16.0 Å². The number of rotatable bonds is 6. The van der Waals surface area contributed by atoms with Gasteiger partial charge in [-0.25, -0.2) is 10.9 Å². The molecule has 2 saturated heterocycles. The molecule has 0 spiro atoms. The number of aliphatic hydroxyl groups excluding tert-OH is 2. The van der Waals surface area contributed by atoms with Gasteiger partial charge in [0.2, 0.25) is 0 Å². The summed E-state index contributed by atoms with van der Waals surface area (Å²) in [6, 6.07) is -0.176. The molecular weight excluding hydrogens is 385 g/mol. The van der Waals surface area contributed by atoms with Crippen LogP contribution in [-0.4, -0.2) is 64.3 Å². The van der Waals surface area contributed by atoms with Gasteiger partial charge in [0.25, 0.3) is 0 Å². The van der Waals surface area contributed by atoms with Gasteiger partial charge in [-0.05, 0) is 49.4 Å². The van der Waals surface area contributed by atoms with Crippen LogP contribution in [0, 0.1) is 11.8 Å². The zero-order valence-electron chi connectivity index (χ0n) is 17.6. The second-order valence-electron chi connectivity index (χ2n) is 9.59. The van der Waals surface area contributed by atoms with E-state index in [-0.39, 0.29) is 30.3 Å². The summed E-state index contributed by atoms with van der Waals surface area (Å²) in [6.07, 6.45) is 10.5. The lowest BCUT2D eigenvalue weighted by atomic mass is 9.68. The third-order valence-corrected chi connectivity index (χ3v) is 7.44. The number of fused-ring (bicyclic) bond motifs is 1. The molecule has 1 saturated carbocycles. The van der Waals surface area contributed by atoms with Crippen LogP contribution in [0.1, 0.15) is 64.2 Å². The van der Waals surface area contributed by atoms with E-state index in [0.717, 1.165) is 18.8 Å². The Balaban J connectivity index is 1.25. The van der Waals surface area contributed by atoms with E-state index in [1.54, 1.807) is 0 Å². The minimum Gasteiger partial charge on any atom is -0.423 e. The first-order valence-corrected chi connectivity index (χ1v) is 11.7. The van der Waals surface area contributed by atoms with Crippen molar-refractivity contribution in [2.75, 3.05) is 0 Å². The van der Waals surface area contributed by atoms with E-state index in [9.17, 15) is 20.3 Å². The van der Waals surface area contributed by atoms with E-state index in [2.05, 4.69) is 26.8 Å². The first-order chi connectivity index (χ1) is 14.5. The van der Waals surface area contributed by atoms with Crippen LogP contribution >= 0.6 is 0 Å². The van der Waals surface area contributed by atoms with E-state index in [1.807, 2.05) is 6.08 Å². The highest BCUT2D eigenvalue weighted by atomic mass is 16.4. The molecule has 2 aliphatic carbocycles. The Hall–Kier alpha value is -0.555. The van der Waals surface area contributed by atoms with E-state index in [1.165, 1.54) is 32.1 Å². The highest BCUT2D eigenvalue weighted by Gasteiger charge is 2.38. The first-order valence-electron chi connectivity index (χ1n) is 11.7. The molecule has 170 valence electrons. The normalized spacial score (nSPS) is 39.1. The average molecular weight is 423 g/mol. The summed E-state index contributed by atoms with van der Waals surface area (Å²) in [5.41, 5.74) is 7.06. The van der Waals surface area contributed by atoms with Crippen LogP contribution in [0.15, 0.2) is 11.5 Å². The predicted octanol–water partition coefficient (Wildman–Crippen LogP) is -0.998. The highest BCUT2D eigenvalue weighted by molar-refractivity contribution is 6.50. The molecule has 4 rings (SSSR count). The molecule has 0 aromatic carbocycles. The largest absolute Gasteiger partial charge is 0.483 e. The van der Waals surface area contributed by atoms with Gasteiger partial charge in [0.1, 0.15) is 18.6 Å². The molecule has 2 aliphatic heterocycles. The van der Waals surface area contributed by atoms with Crippen LogP contribution in [-0.2, 0) is 0 Å². The van der Waals surface area contributed by atoms with Gasteiger partial charge in [-0.1, -0.05) is 38.2 Å². The second-order valence-corrected chi connectivity index (χ2v) is 9.59. The van der Waals surface area contributed by atoms with Crippen molar-refractivity contribution in [1.82, 2.24) is 26.8 Å². The Morgan fingerprint density at radius 2 is 1.87 bits per heavy atom. The topological polar surface area (TPSA) is 141 Å². The molecule has 0 amide bonds. The molecule has 0 radical (unpaired) electrons. The first kappa shape index (κ1) is 22.6. The quantitative estimate of drug-likeness (QED) is 0.194. The van der Waals surface area contributed by atoms with Gasteiger partial charge in [-0.15, -0.1) is 0 Å². The Bertz CT molecular complexity index is 592. The van der Waals surface area contributed by atoms with Crippen LogP contribution in [0.3, 0.4) is 0 Å². The van der Waals surface area contributed by atoms with Crippen molar-refractivity contribution in [2.24, 2.45) is 11.8 Å². The summed E-state index contributed by atoms with van der Waals surface area (Å²) in [6.45, 7) is 0. The molecule has 30 heavy (non-hydrogen) atoms. The van der Waals surface area contributed by atoms with Crippen LogP contribution in [0.4, 0.5) is 0 Å². The molecule has 2 heterocycles. The highest BCUT2D eigenvalue weighted by Crippen LogP contribution is 2.32. The van der Waals surface area contributed by atoms with Gasteiger partial charge in [-0.2, -0.15) is 0 Å². The fraction of sp³-hybridized carbons (Fsp3) is 0.900. The van der Waals surface area contributed by atoms with Gasteiger partial charge in [0, 0.05) is 12.1 Å². The molecule has 9 nitrogen and oxygen atoms in total. The number of hydrazine groups is 1. The maximum absolute atomic E-state index is 10.7. The lowest BCUT2D eigenvalue weighted by Gasteiger charge is -2.32. The van der Waals surface area contributed by atoms with E-state index >= 15 is 0 Å². The number of hydrogen-bond donors (Lipinski definition) is 9. The minimum absolute atomic E-state index is 0.107. The van der Waals surface area contributed by atoms with Crippen molar-refractivity contribution in [3.05, 3.63) is 11.5 Å². The molecule has 0 aromatic heterocycles. The van der Waals surface area contributed by atoms with Crippen molar-refractivity contribution in [3.8, 4) is 0 Å². The monoisotopic (exact) mass is 423 g/mol. The Labute approximate surface area is 179 Å². The van der Waals surface area contributed by atoms with E-state index in [4.69, 9.17) is 0 Å². The van der Waals surface area contributed by atoms with Crippen molar-refractivity contribution in [2.45, 2.75) is 101 Å². The summed E-state index contributed by atoms with van der Waals surface area (Å²) >= 11 is 0. The van der Waals surface area contributed by atoms with Crippen LogP contribution < -0.4 is 26.8 Å². The summed E-state index contributed by atoms with van der Waals surface area (Å²) in [4.78, 5) is 0. The summed E-state index contributed by atoms with van der Waals surface area (Å²) < 4.78 is 0. The second kappa shape index (κ2) is 10.4. The van der Waals surface area contributed by atoms with Gasteiger partial charge in [0.05, 0.1) is 6.17 Å². The third-order valence-electron chi connectivity index (χ3n) is 7.44. The lowest BCUT2D eigenvalue weighted by Crippen LogP contribution is -2.59. The standard InChI is InChI=1S/C20H38BN5O4/c27-19-16(8-6-13-11-14(21(29)30)7-9-15(13)22-19)23-20(28)18-24-17(25-26-18)10-12-4-2-1-3-5-12/h7,12-13,15-20,22-30H,1-6,8-11H2. The van der Waals surface area contributed by atoms with Crippen molar-refractivity contribution < 1.29 is 20.3 Å². The number of nitrogens with one attached hydrogen (secondary N) is 5. The molecule has 0 aromatic rings. The Morgan fingerprint density at radius 3 is 2.63 bits per heavy atom. The summed E-state index contributed by atoms with van der Waals surface area (Å²) in [5.74, 6) is 0.983. The van der Waals surface area contributed by atoms with Gasteiger partial charge < -0.3 is 20.3 Å². The lowest BCUT2D eigenvalue weighted by molar-refractivity contribution is 0.0259. The average Bonchev–Trinajstić information content (AvgIpc) is 3.14. The molecule has 7 atom stereocenters. The fourth-order valence-electron chi connectivity index (χ4n) is 5.64. The van der Waals surface area contributed by atoms with Crippen LogP contribution in [0.2, 0.25) is 0 Å². The van der Waals surface area contributed by atoms with Crippen molar-refractivity contribution in [1.29, 1.82) is 0 Å². The Morgan fingerprint density at radius 1 is 1.07 bits per heavy atom. The third kappa shape index (κ3) is 5.62. The van der Waals surface area contributed by atoms with Crippen LogP contribution in [0.5, 0.6) is 0 Å². The molecule has 10 heteroatoms. The molecule has 4 aliphatic rings. The zero-order chi connectivity index (χ0) is 21.1. The molecule has 7 unspecified atom stereocenters.